The van der Waals surface area contributed by atoms with Crippen LogP contribution < -0.4 is 10.6 Å². The summed E-state index contributed by atoms with van der Waals surface area (Å²) >= 11 is 0. The number of hydrogen-bond donors (Lipinski definition) is 2. The van der Waals surface area contributed by atoms with E-state index in [9.17, 15) is 14.4 Å². The van der Waals surface area contributed by atoms with Crippen molar-refractivity contribution in [2.75, 3.05) is 0 Å². The number of allylic oxidation sites excluding steroid dienone is 2. The van der Waals surface area contributed by atoms with Gasteiger partial charge in [-0.3, -0.25) is 14.9 Å². The number of carbonyl (C=O) groups is 3. The molecular weight excluding hydrogens is 320 g/mol. The fourth-order valence-electron chi connectivity index (χ4n) is 2.62. The molecule has 0 saturated heterocycles. The van der Waals surface area contributed by atoms with Crippen molar-refractivity contribution in [3.05, 3.63) is 46.8 Å². The predicted octanol–water partition coefficient (Wildman–Crippen LogP) is 3.54. The molecule has 0 saturated carbocycles. The van der Waals surface area contributed by atoms with Crippen LogP contribution in [-0.2, 0) is 4.74 Å². The normalized spacial score (nSPS) is 14.7. The van der Waals surface area contributed by atoms with Crippen LogP contribution in [0.15, 0.2) is 35.7 Å². The lowest BCUT2D eigenvalue weighted by Gasteiger charge is -2.24. The van der Waals surface area contributed by atoms with Gasteiger partial charge in [-0.25, -0.2) is 4.79 Å². The zero-order valence-corrected chi connectivity index (χ0v) is 14.8. The summed E-state index contributed by atoms with van der Waals surface area (Å²) in [4.78, 5) is 35.6. The lowest BCUT2D eigenvalue weighted by molar-refractivity contribution is 0.0541. The van der Waals surface area contributed by atoms with Crippen LogP contribution in [0, 0.1) is 0 Å². The van der Waals surface area contributed by atoms with Gasteiger partial charge >= 0.3 is 6.09 Å². The summed E-state index contributed by atoms with van der Waals surface area (Å²) in [7, 11) is 0. The van der Waals surface area contributed by atoms with Crippen molar-refractivity contribution in [1.29, 1.82) is 0 Å². The van der Waals surface area contributed by atoms with Crippen molar-refractivity contribution in [1.82, 2.24) is 10.6 Å². The highest BCUT2D eigenvalue weighted by Gasteiger charge is 2.21. The lowest BCUT2D eigenvalue weighted by atomic mass is 10.0. The number of hydrogen-bond acceptors (Lipinski definition) is 4. The third kappa shape index (κ3) is 5.45. The van der Waals surface area contributed by atoms with Gasteiger partial charge in [-0.2, -0.15) is 0 Å². The summed E-state index contributed by atoms with van der Waals surface area (Å²) in [5.41, 5.74) is 1.39. The Labute approximate surface area is 147 Å². The standard InChI is InChI=1S/C19H24N2O4/c1-19(2,3)25-18(24)21-16-11-7-6-10-15(16)20-17(23)14-9-5-4-8-13(14)12-22/h4-5,8-9,12H,6-7,10-11H2,1-3H3,(H,20,23)(H,21,24). The third-order valence-electron chi connectivity index (χ3n) is 3.72. The van der Waals surface area contributed by atoms with Gasteiger partial charge in [-0.15, -0.1) is 0 Å². The SMILES string of the molecule is CC(C)(C)OC(=O)NC1=C(NC(=O)c2ccccc2C=O)CCCC1. The van der Waals surface area contributed by atoms with Crippen molar-refractivity contribution in [3.8, 4) is 0 Å². The van der Waals surface area contributed by atoms with Crippen LogP contribution in [0.4, 0.5) is 4.79 Å². The molecule has 2 rings (SSSR count). The van der Waals surface area contributed by atoms with E-state index in [1.807, 2.05) is 0 Å². The third-order valence-corrected chi connectivity index (χ3v) is 3.72. The number of carbonyl (C=O) groups excluding carboxylic acids is 3. The quantitative estimate of drug-likeness (QED) is 0.818. The molecule has 2 amide bonds. The maximum Gasteiger partial charge on any atom is 0.411 e. The highest BCUT2D eigenvalue weighted by molar-refractivity contribution is 6.02. The molecule has 0 aliphatic heterocycles. The number of ether oxygens (including phenoxy) is 1. The zero-order chi connectivity index (χ0) is 18.4. The Balaban J connectivity index is 2.16. The van der Waals surface area contributed by atoms with Crippen LogP contribution in [0.25, 0.3) is 0 Å². The average Bonchev–Trinajstić information content (AvgIpc) is 2.54. The van der Waals surface area contributed by atoms with Crippen LogP contribution in [0.1, 0.15) is 67.2 Å². The molecule has 0 aromatic heterocycles. The van der Waals surface area contributed by atoms with Gasteiger partial charge in [-0.05, 0) is 52.5 Å². The summed E-state index contributed by atoms with van der Waals surface area (Å²) in [6.45, 7) is 5.38. The molecule has 6 nitrogen and oxygen atoms in total. The first-order valence-electron chi connectivity index (χ1n) is 8.38. The molecular formula is C19H24N2O4. The number of rotatable bonds is 4. The summed E-state index contributed by atoms with van der Waals surface area (Å²) in [5.74, 6) is -0.358. The van der Waals surface area contributed by atoms with Gasteiger partial charge < -0.3 is 10.1 Å². The largest absolute Gasteiger partial charge is 0.444 e. The monoisotopic (exact) mass is 344 g/mol. The summed E-state index contributed by atoms with van der Waals surface area (Å²) in [6.07, 6.45) is 3.28. The molecule has 1 aliphatic carbocycles. The van der Waals surface area contributed by atoms with Crippen LogP contribution in [0.2, 0.25) is 0 Å². The van der Waals surface area contributed by atoms with Gasteiger partial charge in [0.1, 0.15) is 5.60 Å². The van der Waals surface area contributed by atoms with E-state index in [0.29, 0.717) is 41.6 Å². The minimum absolute atomic E-state index is 0.312. The smallest absolute Gasteiger partial charge is 0.411 e. The molecule has 0 radical (unpaired) electrons. The van der Waals surface area contributed by atoms with E-state index in [2.05, 4.69) is 10.6 Å². The molecule has 1 aromatic rings. The van der Waals surface area contributed by atoms with Crippen LogP contribution in [-0.4, -0.2) is 23.9 Å². The molecule has 134 valence electrons. The molecule has 0 spiro atoms. The maximum atomic E-state index is 12.5. The van der Waals surface area contributed by atoms with Gasteiger partial charge in [0.15, 0.2) is 6.29 Å². The zero-order valence-electron chi connectivity index (χ0n) is 14.8. The number of amides is 2. The van der Waals surface area contributed by atoms with Crippen molar-refractivity contribution < 1.29 is 19.1 Å². The van der Waals surface area contributed by atoms with E-state index in [4.69, 9.17) is 4.74 Å². The maximum absolute atomic E-state index is 12.5. The van der Waals surface area contributed by atoms with Gasteiger partial charge in [0.2, 0.25) is 0 Å². The van der Waals surface area contributed by atoms with Crippen molar-refractivity contribution in [3.63, 3.8) is 0 Å². The Kier molecular flexibility index (Phi) is 5.96. The highest BCUT2D eigenvalue weighted by atomic mass is 16.6. The van der Waals surface area contributed by atoms with Gasteiger partial charge in [0, 0.05) is 17.0 Å². The van der Waals surface area contributed by atoms with E-state index in [1.54, 1.807) is 45.0 Å². The van der Waals surface area contributed by atoms with E-state index < -0.39 is 11.7 Å². The number of nitrogens with one attached hydrogen (secondary N) is 2. The van der Waals surface area contributed by atoms with E-state index in [1.165, 1.54) is 0 Å². The molecule has 1 aromatic carbocycles. The first-order chi connectivity index (χ1) is 11.8. The Bertz CT molecular complexity index is 702. The van der Waals surface area contributed by atoms with E-state index >= 15 is 0 Å². The second-order valence-electron chi connectivity index (χ2n) is 6.95. The molecule has 0 heterocycles. The predicted molar refractivity (Wildman–Crippen MR) is 94.2 cm³/mol. The Morgan fingerprint density at radius 3 is 2.24 bits per heavy atom. The first kappa shape index (κ1) is 18.7. The van der Waals surface area contributed by atoms with E-state index in [-0.39, 0.29) is 5.91 Å². The van der Waals surface area contributed by atoms with E-state index in [0.717, 1.165) is 12.8 Å². The first-order valence-corrected chi connectivity index (χ1v) is 8.38. The van der Waals surface area contributed by atoms with Gasteiger partial charge in [0.05, 0.1) is 5.56 Å². The molecule has 0 atom stereocenters. The molecule has 0 bridgehead atoms. The Morgan fingerprint density at radius 1 is 1.04 bits per heavy atom. The van der Waals surface area contributed by atoms with Crippen molar-refractivity contribution in [2.24, 2.45) is 0 Å². The van der Waals surface area contributed by atoms with Crippen LogP contribution in [0.3, 0.4) is 0 Å². The molecule has 2 N–H and O–H groups in total. The molecule has 0 unspecified atom stereocenters. The number of alkyl carbamates (subject to hydrolysis) is 1. The van der Waals surface area contributed by atoms with Gasteiger partial charge in [-0.1, -0.05) is 18.2 Å². The van der Waals surface area contributed by atoms with Crippen LogP contribution >= 0.6 is 0 Å². The lowest BCUT2D eigenvalue weighted by Crippen LogP contribution is -2.35. The summed E-state index contributed by atoms with van der Waals surface area (Å²) in [6, 6.07) is 6.60. The van der Waals surface area contributed by atoms with Crippen molar-refractivity contribution in [2.45, 2.75) is 52.1 Å². The topological polar surface area (TPSA) is 84.5 Å². The number of benzene rings is 1. The second-order valence-corrected chi connectivity index (χ2v) is 6.95. The average molecular weight is 344 g/mol. The molecule has 1 aliphatic rings. The second kappa shape index (κ2) is 7.96. The summed E-state index contributed by atoms with van der Waals surface area (Å²) < 4.78 is 5.27. The Hall–Kier alpha value is -2.63. The molecule has 0 fully saturated rings. The van der Waals surface area contributed by atoms with Gasteiger partial charge in [0.25, 0.3) is 5.91 Å². The highest BCUT2D eigenvalue weighted by Crippen LogP contribution is 2.22. The molecule has 25 heavy (non-hydrogen) atoms. The Morgan fingerprint density at radius 2 is 1.64 bits per heavy atom. The fraction of sp³-hybridized carbons (Fsp3) is 0.421. The minimum atomic E-state index is -0.592. The summed E-state index contributed by atoms with van der Waals surface area (Å²) in [5, 5.41) is 5.58. The molecule has 6 heteroatoms. The van der Waals surface area contributed by atoms with Crippen LogP contribution in [0.5, 0.6) is 0 Å². The number of aldehydes is 1. The van der Waals surface area contributed by atoms with Crippen molar-refractivity contribution >= 4 is 18.3 Å². The minimum Gasteiger partial charge on any atom is -0.444 e. The fourth-order valence-corrected chi connectivity index (χ4v) is 2.62.